The van der Waals surface area contributed by atoms with Gasteiger partial charge in [0.05, 0.1) is 4.90 Å². The van der Waals surface area contributed by atoms with E-state index in [0.717, 1.165) is 5.69 Å². The maximum Gasteiger partial charge on any atom is 0.262 e. The summed E-state index contributed by atoms with van der Waals surface area (Å²) in [5.41, 5.74) is 2.57. The molecule has 1 aliphatic rings. The smallest absolute Gasteiger partial charge is 0.262 e. The Hall–Kier alpha value is -3.19. The molecule has 1 heterocycles. The zero-order valence-electron chi connectivity index (χ0n) is 15.1. The molecule has 0 aliphatic carbocycles. The molecule has 6 nitrogen and oxygen atoms in total. The normalized spacial score (nSPS) is 13.0. The average Bonchev–Trinajstić information content (AvgIpc) is 2.73. The van der Waals surface area contributed by atoms with Gasteiger partial charge in [-0.05, 0) is 42.0 Å². The Labute approximate surface area is 164 Å². The minimum absolute atomic E-state index is 0.128. The number of sulfonamides is 1. The highest BCUT2D eigenvalue weighted by Gasteiger charge is 2.19. The number of ether oxygens (including phenoxy) is 2. The third-order valence-electron chi connectivity index (χ3n) is 4.30. The molecule has 7 heteroatoms. The molecule has 0 fully saturated rings. The molecular formula is C21H20N2O4S. The molecule has 0 bridgehead atoms. The second-order valence-electron chi connectivity index (χ2n) is 6.33. The highest BCUT2D eigenvalue weighted by molar-refractivity contribution is 7.92. The van der Waals surface area contributed by atoms with Gasteiger partial charge in [-0.25, -0.2) is 8.42 Å². The lowest BCUT2D eigenvalue weighted by molar-refractivity contribution is 0.171. The SMILES string of the molecule is O=S(=O)(Nc1ccc(NCc2ccccc2)cc1)c1ccc2c(c1)OCCO2. The molecule has 2 N–H and O–H groups in total. The Morgan fingerprint density at radius 2 is 1.46 bits per heavy atom. The Morgan fingerprint density at radius 3 is 2.21 bits per heavy atom. The summed E-state index contributed by atoms with van der Waals surface area (Å²) in [4.78, 5) is 0.128. The standard InChI is InChI=1S/C21H20N2O4S/c24-28(25,19-10-11-20-21(14-19)27-13-12-26-20)23-18-8-6-17(7-9-18)22-15-16-4-2-1-3-5-16/h1-11,14,22-23H,12-13,15H2. The topological polar surface area (TPSA) is 76.7 Å². The van der Waals surface area contributed by atoms with Gasteiger partial charge in [-0.3, -0.25) is 4.72 Å². The van der Waals surface area contributed by atoms with Crippen LogP contribution in [0.2, 0.25) is 0 Å². The van der Waals surface area contributed by atoms with Gasteiger partial charge >= 0.3 is 0 Å². The lowest BCUT2D eigenvalue weighted by atomic mass is 10.2. The monoisotopic (exact) mass is 396 g/mol. The molecule has 0 unspecified atom stereocenters. The average molecular weight is 396 g/mol. The molecule has 3 aromatic carbocycles. The number of hydrogen-bond donors (Lipinski definition) is 2. The summed E-state index contributed by atoms with van der Waals surface area (Å²) in [5.74, 6) is 0.994. The zero-order chi connectivity index (χ0) is 19.4. The van der Waals surface area contributed by atoms with Crippen LogP contribution in [0.1, 0.15) is 5.56 Å². The molecule has 0 saturated heterocycles. The fraction of sp³-hybridized carbons (Fsp3) is 0.143. The van der Waals surface area contributed by atoms with Crippen LogP contribution >= 0.6 is 0 Å². The first-order valence-electron chi connectivity index (χ1n) is 8.90. The van der Waals surface area contributed by atoms with E-state index in [1.807, 2.05) is 42.5 Å². The van der Waals surface area contributed by atoms with E-state index in [1.54, 1.807) is 18.2 Å². The lowest BCUT2D eigenvalue weighted by Gasteiger charge is -2.19. The summed E-state index contributed by atoms with van der Waals surface area (Å²) in [6.07, 6.45) is 0. The number of benzene rings is 3. The van der Waals surface area contributed by atoms with E-state index in [2.05, 4.69) is 10.0 Å². The van der Waals surface area contributed by atoms with E-state index in [9.17, 15) is 8.42 Å². The Bertz CT molecular complexity index is 1050. The third-order valence-corrected chi connectivity index (χ3v) is 5.68. The van der Waals surface area contributed by atoms with Gasteiger partial charge in [0.2, 0.25) is 0 Å². The van der Waals surface area contributed by atoms with Gasteiger partial charge in [-0.15, -0.1) is 0 Å². The van der Waals surface area contributed by atoms with Crippen LogP contribution in [0.15, 0.2) is 77.7 Å². The number of fused-ring (bicyclic) bond motifs is 1. The van der Waals surface area contributed by atoms with Gasteiger partial charge in [-0.2, -0.15) is 0 Å². The molecule has 144 valence electrons. The fourth-order valence-electron chi connectivity index (χ4n) is 2.86. The first kappa shape index (κ1) is 18.2. The number of anilines is 2. The molecule has 0 spiro atoms. The largest absolute Gasteiger partial charge is 0.486 e. The number of nitrogens with one attached hydrogen (secondary N) is 2. The van der Waals surface area contributed by atoms with Gasteiger partial charge < -0.3 is 14.8 Å². The minimum atomic E-state index is -3.72. The van der Waals surface area contributed by atoms with Gasteiger partial charge in [0, 0.05) is 24.0 Å². The third kappa shape index (κ3) is 4.20. The Balaban J connectivity index is 1.43. The summed E-state index contributed by atoms with van der Waals surface area (Å²) in [5, 5.41) is 3.31. The van der Waals surface area contributed by atoms with Crippen molar-refractivity contribution in [3.63, 3.8) is 0 Å². The molecule has 4 rings (SSSR count). The molecule has 0 atom stereocenters. The van der Waals surface area contributed by atoms with Gasteiger partial charge in [0.25, 0.3) is 10.0 Å². The van der Waals surface area contributed by atoms with E-state index >= 15 is 0 Å². The zero-order valence-corrected chi connectivity index (χ0v) is 15.9. The lowest BCUT2D eigenvalue weighted by Crippen LogP contribution is -2.17. The van der Waals surface area contributed by atoms with E-state index in [-0.39, 0.29) is 4.90 Å². The molecule has 0 saturated carbocycles. The van der Waals surface area contributed by atoms with Crippen molar-refractivity contribution < 1.29 is 17.9 Å². The van der Waals surface area contributed by atoms with Crippen LogP contribution in [0.5, 0.6) is 11.5 Å². The van der Waals surface area contributed by atoms with Crippen LogP contribution in [0, 0.1) is 0 Å². The summed E-state index contributed by atoms with van der Waals surface area (Å²) < 4.78 is 38.8. The molecule has 0 radical (unpaired) electrons. The first-order chi connectivity index (χ1) is 13.6. The summed E-state index contributed by atoms with van der Waals surface area (Å²) >= 11 is 0. The van der Waals surface area contributed by atoms with Crippen LogP contribution in [0.4, 0.5) is 11.4 Å². The van der Waals surface area contributed by atoms with Crippen LogP contribution in [0.25, 0.3) is 0 Å². The quantitative estimate of drug-likeness (QED) is 0.661. The molecule has 28 heavy (non-hydrogen) atoms. The predicted octanol–water partition coefficient (Wildman–Crippen LogP) is 3.87. The minimum Gasteiger partial charge on any atom is -0.486 e. The van der Waals surface area contributed by atoms with Crippen molar-refractivity contribution >= 4 is 21.4 Å². The second kappa shape index (κ2) is 7.82. The van der Waals surface area contributed by atoms with Gasteiger partial charge in [0.1, 0.15) is 13.2 Å². The van der Waals surface area contributed by atoms with Crippen molar-refractivity contribution in [1.29, 1.82) is 0 Å². The van der Waals surface area contributed by atoms with Crippen LogP contribution in [0.3, 0.4) is 0 Å². The van der Waals surface area contributed by atoms with E-state index in [1.165, 1.54) is 17.7 Å². The molecule has 0 aromatic heterocycles. The number of hydrogen-bond acceptors (Lipinski definition) is 5. The maximum absolute atomic E-state index is 12.7. The van der Waals surface area contributed by atoms with Crippen molar-refractivity contribution in [2.45, 2.75) is 11.4 Å². The van der Waals surface area contributed by atoms with Gasteiger partial charge in [0.15, 0.2) is 11.5 Å². The van der Waals surface area contributed by atoms with E-state index < -0.39 is 10.0 Å². The van der Waals surface area contributed by atoms with Crippen molar-refractivity contribution in [3.05, 3.63) is 78.4 Å². The Morgan fingerprint density at radius 1 is 0.786 bits per heavy atom. The molecule has 0 amide bonds. The van der Waals surface area contributed by atoms with Crippen molar-refractivity contribution in [3.8, 4) is 11.5 Å². The van der Waals surface area contributed by atoms with Crippen LogP contribution in [-0.4, -0.2) is 21.6 Å². The fourth-order valence-corrected chi connectivity index (χ4v) is 3.93. The second-order valence-corrected chi connectivity index (χ2v) is 8.01. The highest BCUT2D eigenvalue weighted by Crippen LogP contribution is 2.32. The summed E-state index contributed by atoms with van der Waals surface area (Å²) in [6.45, 7) is 1.56. The van der Waals surface area contributed by atoms with Crippen molar-refractivity contribution in [2.75, 3.05) is 23.3 Å². The van der Waals surface area contributed by atoms with Crippen LogP contribution in [-0.2, 0) is 16.6 Å². The maximum atomic E-state index is 12.7. The van der Waals surface area contributed by atoms with E-state index in [0.29, 0.717) is 36.9 Å². The Kier molecular flexibility index (Phi) is 5.08. The molecule has 1 aliphatic heterocycles. The predicted molar refractivity (Wildman–Crippen MR) is 108 cm³/mol. The summed E-state index contributed by atoms with van der Waals surface area (Å²) in [7, 11) is -3.72. The summed E-state index contributed by atoms with van der Waals surface area (Å²) in [6, 6.07) is 21.8. The van der Waals surface area contributed by atoms with Gasteiger partial charge in [-0.1, -0.05) is 30.3 Å². The highest BCUT2D eigenvalue weighted by atomic mass is 32.2. The van der Waals surface area contributed by atoms with Crippen LogP contribution < -0.4 is 19.5 Å². The first-order valence-corrected chi connectivity index (χ1v) is 10.4. The molecule has 3 aromatic rings. The van der Waals surface area contributed by atoms with Crippen molar-refractivity contribution in [2.24, 2.45) is 0 Å². The van der Waals surface area contributed by atoms with Crippen molar-refractivity contribution in [1.82, 2.24) is 0 Å². The molecular weight excluding hydrogens is 376 g/mol. The van der Waals surface area contributed by atoms with E-state index in [4.69, 9.17) is 9.47 Å². The number of rotatable bonds is 6.